The Balaban J connectivity index is 1.37. The number of unbranched alkanes of at least 4 members (excludes halogenated alkanes) is 1. The average molecular weight is 668 g/mol. The van der Waals surface area contributed by atoms with Crippen molar-refractivity contribution in [2.75, 3.05) is 39.8 Å². The van der Waals surface area contributed by atoms with Crippen molar-refractivity contribution in [3.05, 3.63) is 102 Å². The van der Waals surface area contributed by atoms with Crippen LogP contribution in [-0.2, 0) is 27.2 Å². The molecule has 3 N–H and O–H groups in total. The molecule has 3 atom stereocenters. The topological polar surface area (TPSA) is 120 Å². The summed E-state index contributed by atoms with van der Waals surface area (Å²) in [6.45, 7) is 3.87. The lowest BCUT2D eigenvalue weighted by Crippen LogP contribution is -2.53. The van der Waals surface area contributed by atoms with Crippen molar-refractivity contribution in [3.8, 4) is 5.75 Å². The van der Waals surface area contributed by atoms with E-state index in [2.05, 4.69) is 20.9 Å². The molecule has 1 saturated heterocycles. The molecule has 0 aliphatic carbocycles. The maximum absolute atomic E-state index is 14.2. The van der Waals surface area contributed by atoms with Gasteiger partial charge in [0.05, 0.1) is 11.6 Å². The maximum atomic E-state index is 14.2. The first-order chi connectivity index (χ1) is 23.9. The second kappa shape index (κ2) is 18.2. The van der Waals surface area contributed by atoms with Crippen molar-refractivity contribution in [1.29, 1.82) is 0 Å². The summed E-state index contributed by atoms with van der Waals surface area (Å²) < 4.78 is 6.30. The number of amides is 4. The van der Waals surface area contributed by atoms with Gasteiger partial charge in [-0.15, -0.1) is 0 Å². The molecule has 0 bridgehead atoms. The number of rotatable bonds is 10. The fraction of sp³-hybridized carbons (Fsp3) is 0.436. The summed E-state index contributed by atoms with van der Waals surface area (Å²) >= 11 is 0. The van der Waals surface area contributed by atoms with Crippen molar-refractivity contribution in [2.24, 2.45) is 0 Å². The van der Waals surface area contributed by atoms with Gasteiger partial charge < -0.3 is 30.5 Å². The minimum absolute atomic E-state index is 0.0544. The van der Waals surface area contributed by atoms with Crippen molar-refractivity contribution in [3.63, 3.8) is 0 Å². The Morgan fingerprint density at radius 1 is 0.837 bits per heavy atom. The second-order valence-corrected chi connectivity index (χ2v) is 13.0. The molecule has 0 saturated carbocycles. The molecule has 0 radical (unpaired) electrons. The van der Waals surface area contributed by atoms with Gasteiger partial charge >= 0.3 is 0 Å². The van der Waals surface area contributed by atoms with Crippen LogP contribution in [0.5, 0.6) is 5.75 Å². The standard InChI is InChI=1S/C39H49N5O5/c1-43-31(26-29-14-4-2-5-15-29)28-49-35-19-9-8-18-32(35)37(46)42-33(38(47)40-22-10-11-23-44-24-12-13-25-44)20-21-36(45)41-34(39(43)48)27-30-16-6-3-7-17-30/h2-9,14-19,31,33-34H,10-13,20-28H2,1H3,(H,40,47)(H,41,45)(H,42,46)/t31-,33+,34+/m1/s1. The lowest BCUT2D eigenvalue weighted by Gasteiger charge is -2.32. The monoisotopic (exact) mass is 667 g/mol. The molecule has 260 valence electrons. The Morgan fingerprint density at radius 3 is 2.20 bits per heavy atom. The number of hydrogen-bond acceptors (Lipinski definition) is 6. The zero-order chi connectivity index (χ0) is 34.4. The molecule has 0 unspecified atom stereocenters. The molecule has 5 rings (SSSR count). The number of nitrogens with zero attached hydrogens (tertiary/aromatic N) is 2. The SMILES string of the molecule is CN1C(=O)[C@H](Cc2ccccc2)NC(=O)CC[C@@H](C(=O)NCCCCN2CCCC2)NC(=O)c2ccccc2OC[C@H]1Cc1ccccc1. The number of likely N-dealkylation sites (N-methyl/N-ethyl adjacent to an activating group) is 1. The van der Waals surface area contributed by atoms with Crippen LogP contribution in [-0.4, -0.2) is 91.4 Å². The van der Waals surface area contributed by atoms with Crippen LogP contribution in [0, 0.1) is 0 Å². The molecular formula is C39H49N5O5. The predicted octanol–water partition coefficient (Wildman–Crippen LogP) is 3.75. The minimum Gasteiger partial charge on any atom is -0.491 e. The lowest BCUT2D eigenvalue weighted by molar-refractivity contribution is -0.137. The van der Waals surface area contributed by atoms with Gasteiger partial charge in [-0.25, -0.2) is 0 Å². The number of fused-ring (bicyclic) bond motifs is 1. The molecule has 4 amide bonds. The molecular weight excluding hydrogens is 618 g/mol. The highest BCUT2D eigenvalue weighted by Crippen LogP contribution is 2.21. The molecule has 10 heteroatoms. The fourth-order valence-electron chi connectivity index (χ4n) is 6.48. The Bertz CT molecular complexity index is 1530. The zero-order valence-corrected chi connectivity index (χ0v) is 28.4. The predicted molar refractivity (Wildman–Crippen MR) is 189 cm³/mol. The van der Waals surface area contributed by atoms with Crippen LogP contribution in [0.3, 0.4) is 0 Å². The molecule has 0 aromatic heterocycles. The largest absolute Gasteiger partial charge is 0.491 e. The molecule has 0 spiro atoms. The van der Waals surface area contributed by atoms with Gasteiger partial charge in [0, 0.05) is 26.4 Å². The van der Waals surface area contributed by atoms with Crippen LogP contribution in [0.1, 0.15) is 60.0 Å². The number of para-hydroxylation sites is 1. The summed E-state index contributed by atoms with van der Waals surface area (Å²) in [5, 5.41) is 8.79. The number of nitrogens with one attached hydrogen (secondary N) is 3. The highest BCUT2D eigenvalue weighted by Gasteiger charge is 2.31. The van der Waals surface area contributed by atoms with Crippen molar-refractivity contribution >= 4 is 23.6 Å². The molecule has 2 aliphatic heterocycles. The fourth-order valence-corrected chi connectivity index (χ4v) is 6.48. The molecule has 3 aromatic rings. The number of hydrogen-bond donors (Lipinski definition) is 3. The van der Waals surface area contributed by atoms with Crippen LogP contribution in [0.2, 0.25) is 0 Å². The second-order valence-electron chi connectivity index (χ2n) is 13.0. The number of likely N-dealkylation sites (tertiary alicyclic amines) is 1. The number of benzene rings is 3. The van der Waals surface area contributed by atoms with Gasteiger partial charge in [0.2, 0.25) is 17.7 Å². The summed E-state index contributed by atoms with van der Waals surface area (Å²) in [4.78, 5) is 58.8. The van der Waals surface area contributed by atoms with Crippen LogP contribution in [0.4, 0.5) is 0 Å². The molecule has 1 fully saturated rings. The summed E-state index contributed by atoms with van der Waals surface area (Å²) in [5.41, 5.74) is 2.21. The Kier molecular flexibility index (Phi) is 13.2. The van der Waals surface area contributed by atoms with E-state index < -0.39 is 24.0 Å². The summed E-state index contributed by atoms with van der Waals surface area (Å²) in [5.74, 6) is -1.07. The Hall–Kier alpha value is -4.70. The Labute approximate surface area is 289 Å². The number of ether oxygens (including phenoxy) is 1. The van der Waals surface area contributed by atoms with Gasteiger partial charge in [0.1, 0.15) is 24.4 Å². The van der Waals surface area contributed by atoms with Gasteiger partial charge in [-0.05, 0) is 81.4 Å². The van der Waals surface area contributed by atoms with E-state index in [4.69, 9.17) is 4.74 Å². The van der Waals surface area contributed by atoms with Gasteiger partial charge in [-0.2, -0.15) is 0 Å². The normalized spacial score (nSPS) is 21.0. The van der Waals surface area contributed by atoms with Crippen LogP contribution < -0.4 is 20.7 Å². The number of carbonyl (C=O) groups excluding carboxylic acids is 4. The smallest absolute Gasteiger partial charge is 0.255 e. The lowest BCUT2D eigenvalue weighted by atomic mass is 10.0. The minimum atomic E-state index is -0.952. The highest BCUT2D eigenvalue weighted by molar-refractivity contribution is 5.99. The summed E-state index contributed by atoms with van der Waals surface area (Å²) in [7, 11) is 1.73. The average Bonchev–Trinajstić information content (AvgIpc) is 3.65. The maximum Gasteiger partial charge on any atom is 0.255 e. The van der Waals surface area contributed by atoms with Crippen molar-refractivity contribution in [2.45, 2.75) is 69.5 Å². The van der Waals surface area contributed by atoms with E-state index in [1.165, 1.54) is 12.8 Å². The molecule has 2 aliphatic rings. The van der Waals surface area contributed by atoms with Gasteiger partial charge in [-0.1, -0.05) is 72.8 Å². The van der Waals surface area contributed by atoms with Crippen LogP contribution >= 0.6 is 0 Å². The molecule has 2 heterocycles. The molecule has 49 heavy (non-hydrogen) atoms. The quantitative estimate of drug-likeness (QED) is 0.284. The first-order valence-electron chi connectivity index (χ1n) is 17.5. The van der Waals surface area contributed by atoms with Crippen LogP contribution in [0.15, 0.2) is 84.9 Å². The van der Waals surface area contributed by atoms with E-state index in [1.807, 2.05) is 60.7 Å². The highest BCUT2D eigenvalue weighted by atomic mass is 16.5. The zero-order valence-electron chi connectivity index (χ0n) is 28.4. The van der Waals surface area contributed by atoms with Crippen molar-refractivity contribution in [1.82, 2.24) is 25.8 Å². The third-order valence-electron chi connectivity index (χ3n) is 9.37. The van der Waals surface area contributed by atoms with Gasteiger partial charge in [0.25, 0.3) is 5.91 Å². The van der Waals surface area contributed by atoms with Crippen molar-refractivity contribution < 1.29 is 23.9 Å². The van der Waals surface area contributed by atoms with Gasteiger partial charge in [-0.3, -0.25) is 19.2 Å². The third kappa shape index (κ3) is 10.6. The van der Waals surface area contributed by atoms with E-state index in [0.717, 1.165) is 43.6 Å². The summed E-state index contributed by atoms with van der Waals surface area (Å²) in [6.07, 6.45) is 5.10. The van der Waals surface area contributed by atoms with Gasteiger partial charge in [0.15, 0.2) is 0 Å². The number of carbonyl (C=O) groups is 4. The van der Waals surface area contributed by atoms with E-state index in [9.17, 15) is 19.2 Å². The third-order valence-corrected chi connectivity index (χ3v) is 9.37. The first kappa shape index (κ1) is 35.6. The van der Waals surface area contributed by atoms with E-state index in [1.54, 1.807) is 36.2 Å². The van der Waals surface area contributed by atoms with Crippen LogP contribution in [0.25, 0.3) is 0 Å². The van der Waals surface area contributed by atoms with E-state index in [0.29, 0.717) is 25.1 Å². The molecule has 10 nitrogen and oxygen atoms in total. The van der Waals surface area contributed by atoms with E-state index in [-0.39, 0.29) is 42.7 Å². The first-order valence-corrected chi connectivity index (χ1v) is 17.5. The van der Waals surface area contributed by atoms with E-state index >= 15 is 0 Å². The Morgan fingerprint density at radius 2 is 1.49 bits per heavy atom. The molecule has 3 aromatic carbocycles. The summed E-state index contributed by atoms with van der Waals surface area (Å²) in [6, 6.07) is 24.1.